The van der Waals surface area contributed by atoms with Gasteiger partial charge in [-0.3, -0.25) is 4.79 Å². The van der Waals surface area contributed by atoms with Gasteiger partial charge in [0.1, 0.15) is 0 Å². The van der Waals surface area contributed by atoms with Gasteiger partial charge in [-0.25, -0.2) is 13.4 Å². The Morgan fingerprint density at radius 1 is 1.24 bits per heavy atom. The molecular formula is C17H23N3O3S2. The van der Waals surface area contributed by atoms with E-state index in [-0.39, 0.29) is 17.2 Å². The Morgan fingerprint density at radius 2 is 1.88 bits per heavy atom. The molecule has 2 N–H and O–H groups in total. The minimum atomic E-state index is -3.21. The first-order valence-corrected chi connectivity index (χ1v) is 10.8. The van der Waals surface area contributed by atoms with Crippen LogP contribution in [0.2, 0.25) is 0 Å². The topological polar surface area (TPSA) is 88.2 Å². The van der Waals surface area contributed by atoms with E-state index in [0.717, 1.165) is 35.5 Å². The van der Waals surface area contributed by atoms with Gasteiger partial charge in [0.15, 0.2) is 15.0 Å². The first-order chi connectivity index (χ1) is 11.8. The Hall–Kier alpha value is -1.77. The highest BCUT2D eigenvalue weighted by Crippen LogP contribution is 2.26. The summed E-state index contributed by atoms with van der Waals surface area (Å²) in [4.78, 5) is 17.8. The number of hydrogen-bond donors (Lipinski definition) is 2. The molecular weight excluding hydrogens is 358 g/mol. The molecule has 0 unspecified atom stereocenters. The minimum Gasteiger partial charge on any atom is -0.306 e. The van der Waals surface area contributed by atoms with Crippen molar-refractivity contribution in [1.82, 2.24) is 10.3 Å². The summed E-state index contributed by atoms with van der Waals surface area (Å²) in [6.07, 6.45) is 2.60. The molecule has 0 spiro atoms. The van der Waals surface area contributed by atoms with E-state index in [1.807, 2.05) is 0 Å². The Morgan fingerprint density at radius 3 is 2.44 bits per heavy atom. The molecule has 2 aromatic rings. The molecule has 0 aliphatic carbocycles. The number of fused-ring (bicyclic) bond motifs is 1. The van der Waals surface area contributed by atoms with E-state index >= 15 is 0 Å². The number of carbonyl (C=O) groups excluding carboxylic acids is 1. The average molecular weight is 382 g/mol. The lowest BCUT2D eigenvalue weighted by Gasteiger charge is -2.04. The van der Waals surface area contributed by atoms with Gasteiger partial charge in [-0.1, -0.05) is 32.4 Å². The number of amides is 1. The fourth-order valence-electron chi connectivity index (χ4n) is 2.21. The van der Waals surface area contributed by atoms with E-state index in [1.54, 1.807) is 12.1 Å². The summed E-state index contributed by atoms with van der Waals surface area (Å²) < 4.78 is 22.8. The van der Waals surface area contributed by atoms with Crippen LogP contribution in [-0.2, 0) is 34.1 Å². The van der Waals surface area contributed by atoms with Crippen molar-refractivity contribution in [2.45, 2.75) is 44.7 Å². The molecule has 2 heterocycles. The number of sulfone groups is 1. The molecule has 1 amide bonds. The number of nitrogens with zero attached hydrogens (tertiary/aromatic N) is 1. The number of hydrogen-bond acceptors (Lipinski definition) is 6. The first kappa shape index (κ1) is 19.6. The van der Waals surface area contributed by atoms with Crippen molar-refractivity contribution in [3.8, 4) is 0 Å². The van der Waals surface area contributed by atoms with Crippen molar-refractivity contribution in [1.29, 1.82) is 0 Å². The summed E-state index contributed by atoms with van der Waals surface area (Å²) in [7, 11) is -3.21. The third kappa shape index (κ3) is 5.62. The molecule has 8 heteroatoms. The number of anilines is 1. The summed E-state index contributed by atoms with van der Waals surface area (Å²) in [5, 5.41) is 6.59. The van der Waals surface area contributed by atoms with Gasteiger partial charge >= 0.3 is 0 Å². The van der Waals surface area contributed by atoms with Crippen molar-refractivity contribution in [2.24, 2.45) is 0 Å². The van der Waals surface area contributed by atoms with Gasteiger partial charge in [-0.05, 0) is 17.7 Å². The molecule has 0 atom stereocenters. The smallest absolute Gasteiger partial charge is 0.230 e. The molecule has 1 aliphatic rings. The molecule has 6 nitrogen and oxygen atoms in total. The van der Waals surface area contributed by atoms with Crippen LogP contribution in [0.15, 0.2) is 29.2 Å². The summed E-state index contributed by atoms with van der Waals surface area (Å²) >= 11 is 1.48. The van der Waals surface area contributed by atoms with Crippen LogP contribution in [0.25, 0.3) is 0 Å². The van der Waals surface area contributed by atoms with Crippen LogP contribution in [0.4, 0.5) is 5.13 Å². The lowest BCUT2D eigenvalue weighted by Crippen LogP contribution is -2.14. The van der Waals surface area contributed by atoms with Crippen LogP contribution < -0.4 is 10.6 Å². The van der Waals surface area contributed by atoms with Gasteiger partial charge in [-0.2, -0.15) is 0 Å². The van der Waals surface area contributed by atoms with Crippen LogP contribution in [0.1, 0.15) is 36.4 Å². The maximum absolute atomic E-state index is 12.0. The molecule has 0 bridgehead atoms. The van der Waals surface area contributed by atoms with Crippen LogP contribution in [0.5, 0.6) is 0 Å². The highest BCUT2D eigenvalue weighted by molar-refractivity contribution is 7.90. The van der Waals surface area contributed by atoms with Gasteiger partial charge in [0.2, 0.25) is 5.91 Å². The summed E-state index contributed by atoms with van der Waals surface area (Å²) in [5.74, 6) is -0.160. The predicted octanol–water partition coefficient (Wildman–Crippen LogP) is 2.75. The SMILES string of the molecule is CCC.CS(=O)(=O)c1ccc(CC(=O)Nc2nc3c(s2)CNC3)cc1. The number of carbonyl (C=O) groups is 1. The van der Waals surface area contributed by atoms with E-state index < -0.39 is 9.84 Å². The molecule has 0 fully saturated rings. The third-order valence-corrected chi connectivity index (χ3v) is 5.46. The fourth-order valence-corrected chi connectivity index (χ4v) is 3.81. The Bertz CT molecular complexity index is 806. The molecule has 3 rings (SSSR count). The number of thiazole rings is 1. The average Bonchev–Trinajstić information content (AvgIpc) is 3.08. The van der Waals surface area contributed by atoms with Crippen LogP contribution in [-0.4, -0.2) is 25.6 Å². The molecule has 25 heavy (non-hydrogen) atoms. The van der Waals surface area contributed by atoms with Gasteiger partial charge < -0.3 is 10.6 Å². The number of aromatic nitrogens is 1. The second-order valence-electron chi connectivity index (χ2n) is 5.84. The number of rotatable bonds is 4. The molecule has 0 saturated heterocycles. The van der Waals surface area contributed by atoms with E-state index in [9.17, 15) is 13.2 Å². The van der Waals surface area contributed by atoms with Crippen molar-refractivity contribution in [3.63, 3.8) is 0 Å². The Balaban J connectivity index is 0.000000701. The molecule has 136 valence electrons. The van der Waals surface area contributed by atoms with Crippen LogP contribution in [0, 0.1) is 0 Å². The lowest BCUT2D eigenvalue weighted by molar-refractivity contribution is -0.115. The van der Waals surface area contributed by atoms with Crippen molar-refractivity contribution in [3.05, 3.63) is 40.4 Å². The molecule has 1 aliphatic heterocycles. The Labute approximate surface area is 152 Å². The quantitative estimate of drug-likeness (QED) is 0.850. The molecule has 1 aromatic heterocycles. The molecule has 0 saturated carbocycles. The molecule has 1 aromatic carbocycles. The van der Waals surface area contributed by atoms with Gasteiger partial charge in [-0.15, -0.1) is 11.3 Å². The van der Waals surface area contributed by atoms with Gasteiger partial charge in [0, 0.05) is 24.2 Å². The number of nitrogens with one attached hydrogen (secondary N) is 2. The second-order valence-corrected chi connectivity index (χ2v) is 8.94. The van der Waals surface area contributed by atoms with E-state index in [1.165, 1.54) is 29.9 Å². The number of benzene rings is 1. The van der Waals surface area contributed by atoms with Crippen molar-refractivity contribution in [2.75, 3.05) is 11.6 Å². The molecule has 0 radical (unpaired) electrons. The third-order valence-electron chi connectivity index (χ3n) is 3.32. The normalized spacial score (nSPS) is 12.9. The van der Waals surface area contributed by atoms with E-state index in [4.69, 9.17) is 0 Å². The largest absolute Gasteiger partial charge is 0.306 e. The zero-order chi connectivity index (χ0) is 18.4. The van der Waals surface area contributed by atoms with Gasteiger partial charge in [0.05, 0.1) is 17.0 Å². The van der Waals surface area contributed by atoms with E-state index in [0.29, 0.717) is 5.13 Å². The highest BCUT2D eigenvalue weighted by Gasteiger charge is 2.17. The fraction of sp³-hybridized carbons (Fsp3) is 0.412. The van der Waals surface area contributed by atoms with Gasteiger partial charge in [0.25, 0.3) is 0 Å². The zero-order valence-corrected chi connectivity index (χ0v) is 16.3. The van der Waals surface area contributed by atoms with Crippen molar-refractivity contribution >= 4 is 32.2 Å². The first-order valence-electron chi connectivity index (χ1n) is 8.11. The zero-order valence-electron chi connectivity index (χ0n) is 14.6. The maximum atomic E-state index is 12.0. The standard InChI is InChI=1S/C14H15N3O3S2.C3H8/c1-22(19,20)10-4-2-9(3-5-10)6-13(18)17-14-16-11-7-15-8-12(11)21-14;1-3-2/h2-5,15H,6-8H2,1H3,(H,16,17,18);3H2,1-2H3. The predicted molar refractivity (Wildman–Crippen MR) is 101 cm³/mol. The van der Waals surface area contributed by atoms with E-state index in [2.05, 4.69) is 29.5 Å². The highest BCUT2D eigenvalue weighted by atomic mass is 32.2. The lowest BCUT2D eigenvalue weighted by atomic mass is 10.1. The van der Waals surface area contributed by atoms with Crippen LogP contribution >= 0.6 is 11.3 Å². The van der Waals surface area contributed by atoms with Crippen LogP contribution in [0.3, 0.4) is 0 Å². The summed E-state index contributed by atoms with van der Waals surface area (Å²) in [6, 6.07) is 6.34. The Kier molecular flexibility index (Phi) is 6.69. The summed E-state index contributed by atoms with van der Waals surface area (Å²) in [5.41, 5.74) is 1.76. The maximum Gasteiger partial charge on any atom is 0.230 e. The monoisotopic (exact) mass is 381 g/mol. The minimum absolute atomic E-state index is 0.160. The second kappa shape index (κ2) is 8.55. The van der Waals surface area contributed by atoms with Crippen molar-refractivity contribution < 1.29 is 13.2 Å². The summed E-state index contributed by atoms with van der Waals surface area (Å²) in [6.45, 7) is 5.80.